The van der Waals surface area contributed by atoms with Gasteiger partial charge >= 0.3 is 5.97 Å². The molecule has 1 aliphatic heterocycles. The Morgan fingerprint density at radius 2 is 1.93 bits per heavy atom. The maximum atomic E-state index is 12.9. The molecule has 0 aliphatic carbocycles. The molecule has 2 aromatic rings. The number of hydrogen-bond acceptors (Lipinski definition) is 6. The fourth-order valence-corrected chi connectivity index (χ4v) is 4.25. The molecule has 1 saturated heterocycles. The van der Waals surface area contributed by atoms with Gasteiger partial charge < -0.3 is 14.6 Å². The molecule has 1 aliphatic rings. The van der Waals surface area contributed by atoms with Gasteiger partial charge in [-0.25, -0.2) is 0 Å². The Kier molecular flexibility index (Phi) is 7.52. The third kappa shape index (κ3) is 5.41. The van der Waals surface area contributed by atoms with Crippen molar-refractivity contribution in [1.82, 2.24) is 0 Å². The molecule has 1 heterocycles. The van der Waals surface area contributed by atoms with E-state index in [9.17, 15) is 9.59 Å². The van der Waals surface area contributed by atoms with Gasteiger partial charge in [-0.3, -0.25) is 14.5 Å². The van der Waals surface area contributed by atoms with Gasteiger partial charge in [0.2, 0.25) is 0 Å². The summed E-state index contributed by atoms with van der Waals surface area (Å²) in [6.07, 6.45) is 1.65. The van der Waals surface area contributed by atoms with Gasteiger partial charge in [0, 0.05) is 4.47 Å². The number of benzene rings is 2. The number of nitrogens with zero attached hydrogens (tertiary/aromatic N) is 1. The predicted octanol–water partition coefficient (Wildman–Crippen LogP) is 5.11. The second kappa shape index (κ2) is 10.1. The summed E-state index contributed by atoms with van der Waals surface area (Å²) in [5.74, 6) is -0.179. The number of rotatable bonds is 8. The first-order valence-corrected chi connectivity index (χ1v) is 11.1. The Hall–Kier alpha value is -2.36. The summed E-state index contributed by atoms with van der Waals surface area (Å²) in [6, 6.07) is 12.6. The summed E-state index contributed by atoms with van der Waals surface area (Å²) in [5, 5.41) is 8.76. The second-order valence-electron chi connectivity index (χ2n) is 6.12. The Balaban J connectivity index is 1.82. The highest BCUT2D eigenvalue weighted by atomic mass is 79.9. The lowest BCUT2D eigenvalue weighted by molar-refractivity contribution is -0.137. The minimum Gasteiger partial charge on any atom is -0.490 e. The fraction of sp³-hybridized carbons (Fsp3) is 0.190. The molecular weight excluding hydrogens is 490 g/mol. The van der Waals surface area contributed by atoms with Crippen LogP contribution in [0.15, 0.2) is 51.8 Å². The number of carboxylic acid groups (broad SMARTS) is 1. The van der Waals surface area contributed by atoms with Gasteiger partial charge in [0.05, 0.1) is 30.2 Å². The van der Waals surface area contributed by atoms with E-state index in [1.54, 1.807) is 24.3 Å². The number of carboxylic acids is 1. The maximum Gasteiger partial charge on any atom is 0.306 e. The summed E-state index contributed by atoms with van der Waals surface area (Å²) >= 11 is 10.0. The lowest BCUT2D eigenvalue weighted by atomic mass is 10.1. The van der Waals surface area contributed by atoms with Crippen molar-refractivity contribution in [2.45, 2.75) is 13.3 Å². The van der Waals surface area contributed by atoms with Crippen molar-refractivity contribution in [3.05, 3.63) is 57.4 Å². The van der Waals surface area contributed by atoms with Gasteiger partial charge in [-0.1, -0.05) is 46.0 Å². The number of hydrogen-bond donors (Lipinski definition) is 1. The van der Waals surface area contributed by atoms with Crippen LogP contribution in [0, 0.1) is 0 Å². The Morgan fingerprint density at radius 3 is 2.60 bits per heavy atom. The standard InChI is InChI=1S/C21H18BrNO5S2/c1-2-27-17-11-13(3-8-16(17)28-10-9-19(24)25)12-18-20(26)23(21(29)30-18)15-6-4-14(22)5-7-15/h3-8,11-12H,2,9-10H2,1H3,(H,24,25)/b18-12+. The lowest BCUT2D eigenvalue weighted by Crippen LogP contribution is -2.27. The smallest absolute Gasteiger partial charge is 0.306 e. The van der Waals surface area contributed by atoms with Gasteiger partial charge in [-0.05, 0) is 55.0 Å². The van der Waals surface area contributed by atoms with E-state index < -0.39 is 5.97 Å². The van der Waals surface area contributed by atoms with E-state index in [1.807, 2.05) is 31.2 Å². The van der Waals surface area contributed by atoms with Crippen molar-refractivity contribution in [3.8, 4) is 11.5 Å². The quantitative estimate of drug-likeness (QED) is 0.393. The van der Waals surface area contributed by atoms with Crippen molar-refractivity contribution in [1.29, 1.82) is 0 Å². The molecule has 0 bridgehead atoms. The van der Waals surface area contributed by atoms with Crippen LogP contribution in [0.1, 0.15) is 18.9 Å². The number of carbonyl (C=O) groups excluding carboxylic acids is 1. The molecule has 2 aromatic carbocycles. The molecule has 0 atom stereocenters. The Labute approximate surface area is 192 Å². The number of anilines is 1. The summed E-state index contributed by atoms with van der Waals surface area (Å²) in [5.41, 5.74) is 1.46. The largest absolute Gasteiger partial charge is 0.490 e. The van der Waals surface area contributed by atoms with E-state index >= 15 is 0 Å². The number of thiocarbonyl (C=S) groups is 1. The van der Waals surface area contributed by atoms with Crippen LogP contribution in [0.5, 0.6) is 11.5 Å². The number of thioether (sulfide) groups is 1. The first-order valence-electron chi connectivity index (χ1n) is 9.04. The zero-order valence-electron chi connectivity index (χ0n) is 16.0. The number of halogens is 1. The number of amides is 1. The molecule has 0 radical (unpaired) electrons. The van der Waals surface area contributed by atoms with Crippen molar-refractivity contribution >= 4 is 67.9 Å². The lowest BCUT2D eigenvalue weighted by Gasteiger charge is -2.14. The van der Waals surface area contributed by atoms with Crippen LogP contribution in [0.3, 0.4) is 0 Å². The van der Waals surface area contributed by atoms with Crippen LogP contribution in [0.4, 0.5) is 5.69 Å². The average Bonchev–Trinajstić information content (AvgIpc) is 2.97. The third-order valence-electron chi connectivity index (χ3n) is 4.02. The van der Waals surface area contributed by atoms with Crippen LogP contribution in [-0.4, -0.2) is 34.5 Å². The molecule has 0 spiro atoms. The van der Waals surface area contributed by atoms with Crippen LogP contribution >= 0.6 is 39.9 Å². The SMILES string of the molecule is CCOc1cc(/C=C2/SC(=S)N(c3ccc(Br)cc3)C2=O)ccc1OCCC(=O)O. The van der Waals surface area contributed by atoms with Crippen molar-refractivity contribution in [3.63, 3.8) is 0 Å². The van der Waals surface area contributed by atoms with Gasteiger partial charge in [-0.2, -0.15) is 0 Å². The molecule has 0 unspecified atom stereocenters. The highest BCUT2D eigenvalue weighted by Crippen LogP contribution is 2.37. The Morgan fingerprint density at radius 1 is 1.20 bits per heavy atom. The second-order valence-corrected chi connectivity index (χ2v) is 8.72. The van der Waals surface area contributed by atoms with Gasteiger partial charge in [-0.15, -0.1) is 0 Å². The topological polar surface area (TPSA) is 76.1 Å². The van der Waals surface area contributed by atoms with Crippen LogP contribution in [0.2, 0.25) is 0 Å². The molecular formula is C21H18BrNO5S2. The average molecular weight is 508 g/mol. The highest BCUT2D eigenvalue weighted by molar-refractivity contribution is 9.10. The first kappa shape index (κ1) is 22.3. The van der Waals surface area contributed by atoms with Crippen molar-refractivity contribution in [2.24, 2.45) is 0 Å². The fourth-order valence-electron chi connectivity index (χ4n) is 2.68. The zero-order chi connectivity index (χ0) is 21.7. The van der Waals surface area contributed by atoms with E-state index in [4.69, 9.17) is 26.8 Å². The highest BCUT2D eigenvalue weighted by Gasteiger charge is 2.33. The monoisotopic (exact) mass is 507 g/mol. The summed E-state index contributed by atoms with van der Waals surface area (Å²) in [7, 11) is 0. The molecule has 0 aromatic heterocycles. The van der Waals surface area contributed by atoms with E-state index in [1.165, 1.54) is 16.7 Å². The van der Waals surface area contributed by atoms with Crippen molar-refractivity contribution < 1.29 is 24.2 Å². The van der Waals surface area contributed by atoms with E-state index in [2.05, 4.69) is 15.9 Å². The molecule has 1 amide bonds. The Bertz CT molecular complexity index is 1010. The van der Waals surface area contributed by atoms with Crippen LogP contribution in [-0.2, 0) is 9.59 Å². The molecule has 6 nitrogen and oxygen atoms in total. The van der Waals surface area contributed by atoms with Gasteiger partial charge in [0.25, 0.3) is 5.91 Å². The molecule has 30 heavy (non-hydrogen) atoms. The predicted molar refractivity (Wildman–Crippen MR) is 125 cm³/mol. The van der Waals surface area contributed by atoms with E-state index in [0.717, 1.165) is 10.0 Å². The minimum absolute atomic E-state index is 0.0423. The molecule has 9 heteroatoms. The maximum absolute atomic E-state index is 12.9. The zero-order valence-corrected chi connectivity index (χ0v) is 19.2. The molecule has 1 fully saturated rings. The summed E-state index contributed by atoms with van der Waals surface area (Å²) < 4.78 is 12.5. The molecule has 1 N–H and O–H groups in total. The third-order valence-corrected chi connectivity index (χ3v) is 5.85. The summed E-state index contributed by atoms with van der Waals surface area (Å²) in [4.78, 5) is 25.6. The number of aliphatic carboxylic acids is 1. The van der Waals surface area contributed by atoms with E-state index in [-0.39, 0.29) is 18.9 Å². The van der Waals surface area contributed by atoms with E-state index in [0.29, 0.717) is 33.0 Å². The summed E-state index contributed by atoms with van der Waals surface area (Å²) in [6.45, 7) is 2.31. The first-order chi connectivity index (χ1) is 14.4. The van der Waals surface area contributed by atoms with Crippen LogP contribution < -0.4 is 14.4 Å². The molecule has 0 saturated carbocycles. The number of carbonyl (C=O) groups is 2. The molecule has 156 valence electrons. The van der Waals surface area contributed by atoms with Crippen LogP contribution in [0.25, 0.3) is 6.08 Å². The number of ether oxygens (including phenoxy) is 2. The molecule has 3 rings (SSSR count). The van der Waals surface area contributed by atoms with Gasteiger partial charge in [0.1, 0.15) is 0 Å². The van der Waals surface area contributed by atoms with Crippen molar-refractivity contribution in [2.75, 3.05) is 18.1 Å². The van der Waals surface area contributed by atoms with Gasteiger partial charge in [0.15, 0.2) is 15.8 Å². The normalized spacial score (nSPS) is 15.0. The minimum atomic E-state index is -0.933.